The molecule has 2 atom stereocenters. The minimum absolute atomic E-state index is 0.0397. The highest BCUT2D eigenvalue weighted by molar-refractivity contribution is 6.22. The van der Waals surface area contributed by atoms with E-state index in [4.69, 9.17) is 0 Å². The predicted molar refractivity (Wildman–Crippen MR) is 91.0 cm³/mol. The van der Waals surface area contributed by atoms with Gasteiger partial charge < -0.3 is 0 Å². The van der Waals surface area contributed by atoms with Gasteiger partial charge >= 0.3 is 0 Å². The summed E-state index contributed by atoms with van der Waals surface area (Å²) in [5.41, 5.74) is 3.21. The second-order valence-corrected chi connectivity index (χ2v) is 6.73. The standard InChI is InChI=1S/C20H19NO2/c1-12-9-17-18(10-13(12)2)20(23)21(19(17)22)16-8-7-14-5-3-4-6-15(14)11-16/h3-8,11,17-18H,9-10H2,1-2H3/t17-,18-/m1/s1. The van der Waals surface area contributed by atoms with Crippen LogP contribution in [-0.4, -0.2) is 11.8 Å². The molecule has 4 rings (SSSR count). The second-order valence-electron chi connectivity index (χ2n) is 6.73. The van der Waals surface area contributed by atoms with Gasteiger partial charge in [-0.05, 0) is 49.6 Å². The average Bonchev–Trinajstić information content (AvgIpc) is 2.79. The lowest BCUT2D eigenvalue weighted by Gasteiger charge is -2.23. The van der Waals surface area contributed by atoms with Gasteiger partial charge in [0.1, 0.15) is 0 Å². The smallest absolute Gasteiger partial charge is 0.238 e. The number of nitrogens with zero attached hydrogens (tertiary/aromatic N) is 1. The van der Waals surface area contributed by atoms with Crippen LogP contribution in [-0.2, 0) is 9.59 Å². The molecule has 0 saturated carbocycles. The minimum atomic E-state index is -0.183. The van der Waals surface area contributed by atoms with E-state index in [0.717, 1.165) is 10.8 Å². The van der Waals surface area contributed by atoms with Crippen LogP contribution < -0.4 is 4.90 Å². The number of hydrogen-bond acceptors (Lipinski definition) is 2. The zero-order valence-corrected chi connectivity index (χ0v) is 13.4. The molecule has 0 aromatic heterocycles. The second kappa shape index (κ2) is 5.05. The SMILES string of the molecule is CC1=C(C)C[C@H]2C(=O)N(c3ccc4ccccc4c3)C(=O)[C@@H]2C1. The fourth-order valence-electron chi connectivity index (χ4n) is 3.82. The number of allylic oxidation sites excluding steroid dienone is 2. The molecule has 1 aliphatic heterocycles. The summed E-state index contributed by atoms with van der Waals surface area (Å²) < 4.78 is 0. The molecule has 1 fully saturated rings. The van der Waals surface area contributed by atoms with E-state index in [0.29, 0.717) is 18.5 Å². The molecule has 1 saturated heterocycles. The number of carbonyl (C=O) groups excluding carboxylic acids is 2. The number of amides is 2. The Morgan fingerprint density at radius 2 is 1.39 bits per heavy atom. The summed E-state index contributed by atoms with van der Waals surface area (Å²) >= 11 is 0. The molecule has 2 aromatic carbocycles. The Labute approximate surface area is 135 Å². The van der Waals surface area contributed by atoms with Crippen molar-refractivity contribution in [2.75, 3.05) is 4.90 Å². The van der Waals surface area contributed by atoms with E-state index in [1.807, 2.05) is 42.5 Å². The molecule has 116 valence electrons. The fraction of sp³-hybridized carbons (Fsp3) is 0.300. The predicted octanol–water partition coefficient (Wildman–Crippen LogP) is 4.08. The molecule has 0 unspecified atom stereocenters. The van der Waals surface area contributed by atoms with Gasteiger partial charge in [-0.3, -0.25) is 14.5 Å². The molecule has 1 aliphatic carbocycles. The first-order chi connectivity index (χ1) is 11.1. The summed E-state index contributed by atoms with van der Waals surface area (Å²) in [6.45, 7) is 4.14. The maximum atomic E-state index is 12.8. The van der Waals surface area contributed by atoms with Gasteiger partial charge in [-0.25, -0.2) is 0 Å². The first-order valence-corrected chi connectivity index (χ1v) is 8.08. The third kappa shape index (κ3) is 2.11. The summed E-state index contributed by atoms with van der Waals surface area (Å²) in [7, 11) is 0. The van der Waals surface area contributed by atoms with Crippen LogP contribution in [0.5, 0.6) is 0 Å². The Bertz CT molecular complexity index is 833. The molecule has 0 bridgehead atoms. The number of benzene rings is 2. The first kappa shape index (κ1) is 14.2. The van der Waals surface area contributed by atoms with Crippen LogP contribution in [0.4, 0.5) is 5.69 Å². The van der Waals surface area contributed by atoms with Crippen molar-refractivity contribution in [1.29, 1.82) is 0 Å². The fourth-order valence-corrected chi connectivity index (χ4v) is 3.82. The van der Waals surface area contributed by atoms with Gasteiger partial charge in [0.25, 0.3) is 0 Å². The van der Waals surface area contributed by atoms with E-state index in [1.54, 1.807) is 0 Å². The van der Waals surface area contributed by atoms with Crippen LogP contribution in [0.15, 0.2) is 53.6 Å². The van der Waals surface area contributed by atoms with Crippen LogP contribution in [0.3, 0.4) is 0 Å². The number of imide groups is 1. The van der Waals surface area contributed by atoms with Crippen molar-refractivity contribution in [3.05, 3.63) is 53.6 Å². The Balaban J connectivity index is 1.75. The Morgan fingerprint density at radius 1 is 0.826 bits per heavy atom. The van der Waals surface area contributed by atoms with Crippen molar-refractivity contribution in [2.24, 2.45) is 11.8 Å². The maximum absolute atomic E-state index is 12.8. The topological polar surface area (TPSA) is 37.4 Å². The molecule has 0 spiro atoms. The number of hydrogen-bond donors (Lipinski definition) is 0. The molecule has 23 heavy (non-hydrogen) atoms. The van der Waals surface area contributed by atoms with Gasteiger partial charge in [-0.15, -0.1) is 0 Å². The van der Waals surface area contributed by atoms with Crippen LogP contribution in [0.1, 0.15) is 26.7 Å². The van der Waals surface area contributed by atoms with Gasteiger partial charge in [0.2, 0.25) is 11.8 Å². The van der Waals surface area contributed by atoms with Gasteiger partial charge in [-0.1, -0.05) is 41.5 Å². The number of carbonyl (C=O) groups is 2. The highest BCUT2D eigenvalue weighted by atomic mass is 16.2. The lowest BCUT2D eigenvalue weighted by Crippen LogP contribution is -2.30. The van der Waals surface area contributed by atoms with Crippen LogP contribution in [0, 0.1) is 11.8 Å². The minimum Gasteiger partial charge on any atom is -0.274 e. The van der Waals surface area contributed by atoms with Crippen molar-refractivity contribution in [1.82, 2.24) is 0 Å². The van der Waals surface area contributed by atoms with Crippen LogP contribution in [0.2, 0.25) is 0 Å². The van der Waals surface area contributed by atoms with Crippen molar-refractivity contribution < 1.29 is 9.59 Å². The van der Waals surface area contributed by atoms with E-state index in [-0.39, 0.29) is 23.7 Å². The Morgan fingerprint density at radius 3 is 2.00 bits per heavy atom. The van der Waals surface area contributed by atoms with E-state index in [2.05, 4.69) is 13.8 Å². The quantitative estimate of drug-likeness (QED) is 0.588. The molecular formula is C20H19NO2. The molecule has 1 heterocycles. The van der Waals surface area contributed by atoms with Gasteiger partial charge in [0.05, 0.1) is 17.5 Å². The third-order valence-corrected chi connectivity index (χ3v) is 5.33. The summed E-state index contributed by atoms with van der Waals surface area (Å²) in [5.74, 6) is -0.445. The van der Waals surface area contributed by atoms with Crippen molar-refractivity contribution in [2.45, 2.75) is 26.7 Å². The van der Waals surface area contributed by atoms with E-state index in [9.17, 15) is 9.59 Å². The highest BCUT2D eigenvalue weighted by Gasteiger charge is 2.49. The van der Waals surface area contributed by atoms with E-state index in [1.165, 1.54) is 16.0 Å². The van der Waals surface area contributed by atoms with Crippen LogP contribution in [0.25, 0.3) is 10.8 Å². The lowest BCUT2D eigenvalue weighted by molar-refractivity contribution is -0.122. The molecule has 2 amide bonds. The summed E-state index contributed by atoms with van der Waals surface area (Å²) in [5, 5.41) is 2.16. The average molecular weight is 305 g/mol. The Kier molecular flexibility index (Phi) is 3.12. The normalized spacial score (nSPS) is 24.5. The van der Waals surface area contributed by atoms with E-state index < -0.39 is 0 Å². The lowest BCUT2D eigenvalue weighted by atomic mass is 9.78. The molecular weight excluding hydrogens is 286 g/mol. The molecule has 0 N–H and O–H groups in total. The zero-order valence-electron chi connectivity index (χ0n) is 13.4. The number of fused-ring (bicyclic) bond motifs is 2. The van der Waals surface area contributed by atoms with Crippen molar-refractivity contribution in [3.63, 3.8) is 0 Å². The third-order valence-electron chi connectivity index (χ3n) is 5.33. The largest absolute Gasteiger partial charge is 0.274 e. The number of rotatable bonds is 1. The monoisotopic (exact) mass is 305 g/mol. The number of anilines is 1. The first-order valence-electron chi connectivity index (χ1n) is 8.08. The van der Waals surface area contributed by atoms with Gasteiger partial charge in [0.15, 0.2) is 0 Å². The van der Waals surface area contributed by atoms with E-state index >= 15 is 0 Å². The Hall–Kier alpha value is -2.42. The molecule has 2 aromatic rings. The summed E-state index contributed by atoms with van der Waals surface area (Å²) in [4.78, 5) is 27.1. The van der Waals surface area contributed by atoms with Crippen molar-refractivity contribution >= 4 is 28.3 Å². The molecule has 3 nitrogen and oxygen atoms in total. The van der Waals surface area contributed by atoms with Gasteiger partial charge in [0, 0.05) is 0 Å². The molecule has 0 radical (unpaired) electrons. The van der Waals surface area contributed by atoms with Crippen LogP contribution >= 0.6 is 0 Å². The van der Waals surface area contributed by atoms with Crippen molar-refractivity contribution in [3.8, 4) is 0 Å². The maximum Gasteiger partial charge on any atom is 0.238 e. The van der Waals surface area contributed by atoms with Gasteiger partial charge in [-0.2, -0.15) is 0 Å². The molecule has 2 aliphatic rings. The highest BCUT2D eigenvalue weighted by Crippen LogP contribution is 2.42. The summed E-state index contributed by atoms with van der Waals surface area (Å²) in [6.07, 6.45) is 1.43. The molecule has 3 heteroatoms. The zero-order chi connectivity index (χ0) is 16.1. The summed E-state index contributed by atoms with van der Waals surface area (Å²) in [6, 6.07) is 13.8.